The van der Waals surface area contributed by atoms with Gasteiger partial charge < -0.3 is 0 Å². The fourth-order valence-electron chi connectivity index (χ4n) is 1.97. The Balaban J connectivity index is 2.47. The molecule has 0 aliphatic carbocycles. The molecule has 0 N–H and O–H groups in total. The number of thioether (sulfide) groups is 1. The molecule has 14 heavy (non-hydrogen) atoms. The van der Waals surface area contributed by atoms with Crippen molar-refractivity contribution in [2.75, 3.05) is 5.75 Å². The molecule has 2 aromatic carbocycles. The summed E-state index contributed by atoms with van der Waals surface area (Å²) in [6.07, 6.45) is 0. The van der Waals surface area contributed by atoms with Crippen LogP contribution in [0.4, 0.5) is 0 Å². The SMILES string of the molecule is C=C1CSc2ccc3ccccc3c21. The highest BCUT2D eigenvalue weighted by Crippen LogP contribution is 2.41. The van der Waals surface area contributed by atoms with Gasteiger partial charge in [0, 0.05) is 10.6 Å². The third kappa shape index (κ3) is 1.02. The van der Waals surface area contributed by atoms with Crippen LogP contribution in [0.25, 0.3) is 16.3 Å². The third-order valence-corrected chi connectivity index (χ3v) is 3.79. The summed E-state index contributed by atoms with van der Waals surface area (Å²) in [4.78, 5) is 1.38. The van der Waals surface area contributed by atoms with Crippen molar-refractivity contribution in [2.24, 2.45) is 0 Å². The first-order valence-electron chi connectivity index (χ1n) is 4.69. The van der Waals surface area contributed by atoms with Crippen molar-refractivity contribution in [1.29, 1.82) is 0 Å². The Kier molecular flexibility index (Phi) is 1.68. The van der Waals surface area contributed by atoms with Crippen molar-refractivity contribution >= 4 is 28.1 Å². The first-order valence-corrected chi connectivity index (χ1v) is 5.67. The van der Waals surface area contributed by atoms with Crippen LogP contribution in [0.3, 0.4) is 0 Å². The molecule has 0 bridgehead atoms. The second kappa shape index (κ2) is 2.89. The molecule has 1 aliphatic rings. The number of hydrogen-bond acceptors (Lipinski definition) is 1. The first-order chi connectivity index (χ1) is 6.86. The van der Waals surface area contributed by atoms with Crippen LogP contribution in [0.15, 0.2) is 47.9 Å². The normalized spacial score (nSPS) is 14.7. The molecule has 0 aromatic heterocycles. The fraction of sp³-hybridized carbons (Fsp3) is 0.0769. The summed E-state index contributed by atoms with van der Waals surface area (Å²) >= 11 is 1.89. The molecular formula is C13H10S. The van der Waals surface area contributed by atoms with Crippen molar-refractivity contribution in [3.05, 3.63) is 48.5 Å². The average molecular weight is 198 g/mol. The smallest absolute Gasteiger partial charge is 0.0232 e. The standard InChI is InChI=1S/C13H10S/c1-9-8-14-12-7-6-10-4-2-3-5-11(10)13(9)12/h2-7H,1,8H2. The van der Waals surface area contributed by atoms with Gasteiger partial charge >= 0.3 is 0 Å². The van der Waals surface area contributed by atoms with Gasteiger partial charge in [-0.3, -0.25) is 0 Å². The molecule has 0 saturated carbocycles. The van der Waals surface area contributed by atoms with Gasteiger partial charge in [0.1, 0.15) is 0 Å². The number of rotatable bonds is 0. The molecule has 1 aliphatic heterocycles. The molecule has 3 rings (SSSR count). The van der Waals surface area contributed by atoms with E-state index in [2.05, 4.69) is 43.0 Å². The van der Waals surface area contributed by atoms with Crippen LogP contribution in [-0.4, -0.2) is 5.75 Å². The van der Waals surface area contributed by atoms with E-state index in [-0.39, 0.29) is 0 Å². The van der Waals surface area contributed by atoms with E-state index in [9.17, 15) is 0 Å². The minimum Gasteiger partial charge on any atom is -0.121 e. The molecular weight excluding hydrogens is 188 g/mol. The molecule has 2 aromatic rings. The molecule has 0 atom stereocenters. The maximum absolute atomic E-state index is 4.12. The van der Waals surface area contributed by atoms with Gasteiger partial charge in [0.2, 0.25) is 0 Å². The Labute approximate surface area is 87.6 Å². The third-order valence-electron chi connectivity index (χ3n) is 2.65. The number of hydrogen-bond donors (Lipinski definition) is 0. The van der Waals surface area contributed by atoms with Crippen LogP contribution in [0, 0.1) is 0 Å². The largest absolute Gasteiger partial charge is 0.121 e. The quantitative estimate of drug-likeness (QED) is 0.617. The highest BCUT2D eigenvalue weighted by molar-refractivity contribution is 8.00. The maximum Gasteiger partial charge on any atom is 0.0232 e. The molecule has 1 heteroatoms. The summed E-state index contributed by atoms with van der Waals surface area (Å²) in [5.41, 5.74) is 2.63. The van der Waals surface area contributed by atoms with Gasteiger partial charge in [0.25, 0.3) is 0 Å². The zero-order chi connectivity index (χ0) is 9.54. The van der Waals surface area contributed by atoms with Crippen LogP contribution >= 0.6 is 11.8 Å². The Morgan fingerprint density at radius 3 is 2.86 bits per heavy atom. The van der Waals surface area contributed by atoms with Crippen molar-refractivity contribution in [3.63, 3.8) is 0 Å². The van der Waals surface area contributed by atoms with E-state index in [0.717, 1.165) is 5.75 Å². The summed E-state index contributed by atoms with van der Waals surface area (Å²) in [7, 11) is 0. The summed E-state index contributed by atoms with van der Waals surface area (Å²) in [6, 6.07) is 12.9. The number of benzene rings is 2. The Morgan fingerprint density at radius 1 is 1.07 bits per heavy atom. The summed E-state index contributed by atoms with van der Waals surface area (Å²) < 4.78 is 0. The Hall–Kier alpha value is -1.21. The van der Waals surface area contributed by atoms with E-state index >= 15 is 0 Å². The van der Waals surface area contributed by atoms with Crippen molar-refractivity contribution < 1.29 is 0 Å². The lowest BCUT2D eigenvalue weighted by molar-refractivity contribution is 1.48. The Morgan fingerprint density at radius 2 is 1.93 bits per heavy atom. The van der Waals surface area contributed by atoms with Crippen molar-refractivity contribution in [1.82, 2.24) is 0 Å². The lowest BCUT2D eigenvalue weighted by Crippen LogP contribution is -1.82. The topological polar surface area (TPSA) is 0 Å². The Bertz CT molecular complexity index is 526. The monoisotopic (exact) mass is 198 g/mol. The molecule has 1 heterocycles. The highest BCUT2D eigenvalue weighted by Gasteiger charge is 2.17. The van der Waals surface area contributed by atoms with E-state index in [1.807, 2.05) is 11.8 Å². The molecule has 0 unspecified atom stereocenters. The van der Waals surface area contributed by atoms with Gasteiger partial charge in [-0.1, -0.05) is 36.9 Å². The average Bonchev–Trinajstić information content (AvgIpc) is 2.61. The van der Waals surface area contributed by atoms with Gasteiger partial charge in [0.05, 0.1) is 0 Å². The van der Waals surface area contributed by atoms with Crippen LogP contribution in [-0.2, 0) is 0 Å². The minimum absolute atomic E-state index is 1.04. The second-order valence-electron chi connectivity index (χ2n) is 3.55. The molecule has 0 nitrogen and oxygen atoms in total. The van der Waals surface area contributed by atoms with Crippen LogP contribution in [0.5, 0.6) is 0 Å². The van der Waals surface area contributed by atoms with E-state index in [1.165, 1.54) is 26.8 Å². The predicted octanol–water partition coefficient (Wildman–Crippen LogP) is 3.96. The van der Waals surface area contributed by atoms with Gasteiger partial charge in [-0.25, -0.2) is 0 Å². The molecule has 0 amide bonds. The second-order valence-corrected chi connectivity index (χ2v) is 4.57. The molecule has 0 saturated heterocycles. The minimum atomic E-state index is 1.04. The first kappa shape index (κ1) is 8.13. The van der Waals surface area contributed by atoms with Gasteiger partial charge in [-0.15, -0.1) is 11.8 Å². The van der Waals surface area contributed by atoms with Gasteiger partial charge in [-0.2, -0.15) is 0 Å². The van der Waals surface area contributed by atoms with Crippen molar-refractivity contribution in [2.45, 2.75) is 4.90 Å². The number of fused-ring (bicyclic) bond motifs is 3. The maximum atomic E-state index is 4.12. The predicted molar refractivity (Wildman–Crippen MR) is 63.7 cm³/mol. The summed E-state index contributed by atoms with van der Waals surface area (Å²) in [6.45, 7) is 4.12. The lowest BCUT2D eigenvalue weighted by Gasteiger charge is -2.04. The summed E-state index contributed by atoms with van der Waals surface area (Å²) in [5.74, 6) is 1.04. The van der Waals surface area contributed by atoms with Crippen LogP contribution in [0.1, 0.15) is 5.56 Å². The van der Waals surface area contributed by atoms with E-state index in [1.54, 1.807) is 0 Å². The molecule has 0 spiro atoms. The zero-order valence-electron chi connectivity index (χ0n) is 7.79. The van der Waals surface area contributed by atoms with Gasteiger partial charge in [-0.05, 0) is 28.0 Å². The van der Waals surface area contributed by atoms with E-state index < -0.39 is 0 Å². The van der Waals surface area contributed by atoms with Crippen LogP contribution < -0.4 is 0 Å². The zero-order valence-corrected chi connectivity index (χ0v) is 8.60. The molecule has 68 valence electrons. The molecule has 0 radical (unpaired) electrons. The summed E-state index contributed by atoms with van der Waals surface area (Å²) in [5, 5.41) is 2.66. The van der Waals surface area contributed by atoms with Gasteiger partial charge in [0.15, 0.2) is 0 Å². The van der Waals surface area contributed by atoms with E-state index in [0.29, 0.717) is 0 Å². The fourth-order valence-corrected chi connectivity index (χ4v) is 3.01. The molecule has 0 fully saturated rings. The lowest BCUT2D eigenvalue weighted by atomic mass is 10.0. The highest BCUT2D eigenvalue weighted by atomic mass is 32.2. The van der Waals surface area contributed by atoms with Crippen molar-refractivity contribution in [3.8, 4) is 0 Å². The van der Waals surface area contributed by atoms with E-state index in [4.69, 9.17) is 0 Å². The van der Waals surface area contributed by atoms with Crippen LogP contribution in [0.2, 0.25) is 0 Å².